The molecule has 0 spiro atoms. The predicted molar refractivity (Wildman–Crippen MR) is 62.7 cm³/mol. The molecule has 0 aliphatic rings. The van der Waals surface area contributed by atoms with Gasteiger partial charge in [0.2, 0.25) is 0 Å². The lowest BCUT2D eigenvalue weighted by molar-refractivity contribution is -0.404. The Morgan fingerprint density at radius 3 is 2.94 bits per heavy atom. The summed E-state index contributed by atoms with van der Waals surface area (Å²) in [4.78, 5) is 16.3. The minimum absolute atomic E-state index is 0.425. The summed E-state index contributed by atoms with van der Waals surface area (Å²) in [5, 5.41) is 13.3. The molecule has 0 saturated heterocycles. The molecule has 6 nitrogen and oxygen atoms in total. The number of nitrogens with zero attached hydrogens (tertiary/aromatic N) is 3. The smallest absolute Gasteiger partial charge is 0.274 e. The molecule has 0 unspecified atom stereocenters. The van der Waals surface area contributed by atoms with Crippen molar-refractivity contribution in [1.29, 1.82) is 0 Å². The molecule has 1 aromatic heterocycles. The third-order valence-electron chi connectivity index (χ3n) is 1.68. The average molecular weight is 263 g/mol. The van der Waals surface area contributed by atoms with E-state index in [1.54, 1.807) is 25.2 Å². The van der Waals surface area contributed by atoms with Crippen molar-refractivity contribution in [2.45, 2.75) is 6.54 Å². The number of nitro groups is 1. The zero-order chi connectivity index (χ0) is 12.1. The molecule has 0 aliphatic carbocycles. The van der Waals surface area contributed by atoms with E-state index in [0.29, 0.717) is 16.8 Å². The van der Waals surface area contributed by atoms with Gasteiger partial charge < -0.3 is 10.2 Å². The Kier molecular flexibility index (Phi) is 4.51. The van der Waals surface area contributed by atoms with E-state index in [1.165, 1.54) is 11.3 Å². The van der Waals surface area contributed by atoms with Crippen LogP contribution in [0.5, 0.6) is 0 Å². The Hall–Kier alpha value is -1.34. The fraction of sp³-hybridized carbons (Fsp3) is 0.375. The molecule has 0 saturated carbocycles. The van der Waals surface area contributed by atoms with E-state index in [2.05, 4.69) is 10.3 Å². The summed E-state index contributed by atoms with van der Waals surface area (Å²) in [5.41, 5.74) is 0. The molecule has 88 valence electrons. The first-order chi connectivity index (χ1) is 7.49. The van der Waals surface area contributed by atoms with Crippen LogP contribution in [-0.2, 0) is 6.54 Å². The van der Waals surface area contributed by atoms with E-state index in [1.807, 2.05) is 0 Å². The lowest BCUT2D eigenvalue weighted by atomic mass is 10.5. The van der Waals surface area contributed by atoms with Crippen molar-refractivity contribution in [3.63, 3.8) is 0 Å². The highest BCUT2D eigenvalue weighted by atomic mass is 35.5. The highest BCUT2D eigenvalue weighted by molar-refractivity contribution is 7.15. The van der Waals surface area contributed by atoms with Gasteiger partial charge in [-0.05, 0) is 0 Å². The highest BCUT2D eigenvalue weighted by Crippen LogP contribution is 2.17. The van der Waals surface area contributed by atoms with Gasteiger partial charge in [0.05, 0.1) is 11.5 Å². The van der Waals surface area contributed by atoms with E-state index in [0.717, 1.165) is 11.1 Å². The quantitative estimate of drug-likeness (QED) is 0.644. The van der Waals surface area contributed by atoms with E-state index < -0.39 is 4.92 Å². The molecule has 0 radical (unpaired) electrons. The van der Waals surface area contributed by atoms with Gasteiger partial charge in [0.1, 0.15) is 0 Å². The van der Waals surface area contributed by atoms with Gasteiger partial charge in [-0.15, -0.1) is 11.3 Å². The van der Waals surface area contributed by atoms with Gasteiger partial charge >= 0.3 is 0 Å². The zero-order valence-corrected chi connectivity index (χ0v) is 10.4. The van der Waals surface area contributed by atoms with Crippen molar-refractivity contribution in [2.24, 2.45) is 0 Å². The number of rotatable bonds is 5. The first-order valence-electron chi connectivity index (χ1n) is 4.35. The Morgan fingerprint density at radius 2 is 2.50 bits per heavy atom. The van der Waals surface area contributed by atoms with Crippen molar-refractivity contribution in [1.82, 2.24) is 15.2 Å². The first-order valence-corrected chi connectivity index (χ1v) is 5.55. The fourth-order valence-corrected chi connectivity index (χ4v) is 1.88. The van der Waals surface area contributed by atoms with E-state index in [9.17, 15) is 10.1 Å². The highest BCUT2D eigenvalue weighted by Gasteiger charge is 2.06. The fourth-order valence-electron chi connectivity index (χ4n) is 0.962. The van der Waals surface area contributed by atoms with E-state index in [-0.39, 0.29) is 0 Å². The van der Waals surface area contributed by atoms with Gasteiger partial charge in [-0.2, -0.15) is 0 Å². The summed E-state index contributed by atoms with van der Waals surface area (Å²) >= 11 is 7.01. The number of halogens is 1. The topological polar surface area (TPSA) is 71.3 Å². The summed E-state index contributed by atoms with van der Waals surface area (Å²) in [5.74, 6) is 0.425. The molecule has 1 rings (SSSR count). The third kappa shape index (κ3) is 4.03. The molecule has 0 amide bonds. The second-order valence-electron chi connectivity index (χ2n) is 3.13. The van der Waals surface area contributed by atoms with Crippen LogP contribution in [0.4, 0.5) is 0 Å². The summed E-state index contributed by atoms with van der Waals surface area (Å²) < 4.78 is 0.460. The van der Waals surface area contributed by atoms with Crippen LogP contribution in [0.1, 0.15) is 4.88 Å². The summed E-state index contributed by atoms with van der Waals surface area (Å²) in [6.45, 7) is 0.461. The molecule has 1 heterocycles. The van der Waals surface area contributed by atoms with E-state index in [4.69, 9.17) is 11.6 Å². The average Bonchev–Trinajstić information content (AvgIpc) is 2.58. The zero-order valence-electron chi connectivity index (χ0n) is 8.81. The number of hydrogen-bond acceptors (Lipinski definition) is 6. The maximum absolute atomic E-state index is 10.4. The standard InChI is InChI=1S/C8H11ClN4O2S/c1-12(2)7(5-13(14)15)10-3-6-4-11-8(9)16-6/h4-5,10H,3H2,1-2H3/b7-5-. The monoisotopic (exact) mass is 262 g/mol. The molecule has 0 atom stereocenters. The molecular weight excluding hydrogens is 252 g/mol. The number of thiazole rings is 1. The second-order valence-corrected chi connectivity index (χ2v) is 4.82. The molecule has 0 aliphatic heterocycles. The minimum Gasteiger partial charge on any atom is -0.362 e. The van der Waals surface area contributed by atoms with Gasteiger partial charge in [-0.1, -0.05) is 11.6 Å². The maximum Gasteiger partial charge on any atom is 0.274 e. The van der Waals surface area contributed by atoms with Crippen LogP contribution in [-0.4, -0.2) is 28.9 Å². The molecule has 1 aromatic rings. The van der Waals surface area contributed by atoms with Crippen LogP contribution < -0.4 is 5.32 Å². The summed E-state index contributed by atoms with van der Waals surface area (Å²) in [6.07, 6.45) is 2.56. The van der Waals surface area contributed by atoms with Gasteiger partial charge in [-0.3, -0.25) is 10.1 Å². The molecular formula is C8H11ClN4O2S. The van der Waals surface area contributed by atoms with Crippen molar-refractivity contribution in [3.8, 4) is 0 Å². The Morgan fingerprint density at radius 1 is 1.81 bits per heavy atom. The molecule has 0 fully saturated rings. The Labute approximate surface area is 102 Å². The van der Waals surface area contributed by atoms with Crippen molar-refractivity contribution in [2.75, 3.05) is 14.1 Å². The van der Waals surface area contributed by atoms with Crippen LogP contribution in [0.2, 0.25) is 4.47 Å². The van der Waals surface area contributed by atoms with Gasteiger partial charge in [0.15, 0.2) is 10.3 Å². The molecule has 0 bridgehead atoms. The molecule has 0 aromatic carbocycles. The van der Waals surface area contributed by atoms with Crippen LogP contribution in [0.15, 0.2) is 18.2 Å². The Bertz CT molecular complexity index is 404. The first kappa shape index (κ1) is 12.7. The van der Waals surface area contributed by atoms with Crippen molar-refractivity contribution >= 4 is 22.9 Å². The van der Waals surface area contributed by atoms with Gasteiger partial charge in [-0.25, -0.2) is 4.98 Å². The van der Waals surface area contributed by atoms with Crippen LogP contribution >= 0.6 is 22.9 Å². The normalized spacial score (nSPS) is 11.3. The van der Waals surface area contributed by atoms with Crippen LogP contribution in [0.25, 0.3) is 0 Å². The van der Waals surface area contributed by atoms with Crippen molar-refractivity contribution in [3.05, 3.63) is 37.7 Å². The number of hydrogen-bond donors (Lipinski definition) is 1. The lowest BCUT2D eigenvalue weighted by Gasteiger charge is -2.15. The van der Waals surface area contributed by atoms with Crippen LogP contribution in [0.3, 0.4) is 0 Å². The maximum atomic E-state index is 10.4. The van der Waals surface area contributed by atoms with Crippen molar-refractivity contribution < 1.29 is 4.92 Å². The van der Waals surface area contributed by atoms with Crippen LogP contribution in [0, 0.1) is 10.1 Å². The largest absolute Gasteiger partial charge is 0.362 e. The minimum atomic E-state index is -0.498. The van der Waals surface area contributed by atoms with Gasteiger partial charge in [0.25, 0.3) is 6.20 Å². The summed E-state index contributed by atoms with van der Waals surface area (Å²) in [6, 6.07) is 0. The SMILES string of the molecule is CN(C)/C(=C\[N+](=O)[O-])NCc1cnc(Cl)s1. The molecule has 8 heteroatoms. The Balaban J connectivity index is 2.60. The number of aromatic nitrogens is 1. The summed E-state index contributed by atoms with van der Waals surface area (Å²) in [7, 11) is 3.45. The third-order valence-corrected chi connectivity index (χ3v) is 2.79. The number of nitrogens with one attached hydrogen (secondary N) is 1. The molecule has 1 N–H and O–H groups in total. The predicted octanol–water partition coefficient (Wildman–Crippen LogP) is 1.52. The van der Waals surface area contributed by atoms with E-state index >= 15 is 0 Å². The lowest BCUT2D eigenvalue weighted by Crippen LogP contribution is -2.25. The molecule has 16 heavy (non-hydrogen) atoms. The second kappa shape index (κ2) is 5.66. The van der Waals surface area contributed by atoms with Gasteiger partial charge in [0, 0.05) is 25.2 Å².